The molecule has 0 radical (unpaired) electrons. The van der Waals surface area contributed by atoms with Crippen molar-refractivity contribution in [2.24, 2.45) is 0 Å². The van der Waals surface area contributed by atoms with Crippen LogP contribution in [0.1, 0.15) is 85.5 Å². The first kappa shape index (κ1) is 40.2. The Bertz CT molecular complexity index is 1910. The number of aliphatic hydroxyl groups is 2. The molecule has 3 heterocycles. The second-order valence-electron chi connectivity index (χ2n) is 14.5. The average molecular weight is 750 g/mol. The molecule has 5 aromatic rings. The molecule has 0 aliphatic carbocycles. The van der Waals surface area contributed by atoms with Gasteiger partial charge in [-0.1, -0.05) is 95.8 Å². The van der Waals surface area contributed by atoms with Crippen molar-refractivity contribution >= 4 is 23.2 Å². The third-order valence-electron chi connectivity index (χ3n) is 9.06. The van der Waals surface area contributed by atoms with Gasteiger partial charge in [0.1, 0.15) is 11.8 Å². The minimum atomic E-state index is -1.83. The van der Waals surface area contributed by atoms with E-state index in [0.29, 0.717) is 10.7 Å². The number of thiophene rings is 1. The van der Waals surface area contributed by atoms with E-state index in [1.807, 2.05) is 54.6 Å². The molecule has 0 bridgehead atoms. The Balaban J connectivity index is 1.25. The van der Waals surface area contributed by atoms with Gasteiger partial charge in [0.15, 0.2) is 12.1 Å². The molecule has 11 heteroatoms. The highest BCUT2D eigenvalue weighted by Gasteiger charge is 2.28. The Hall–Kier alpha value is -4.97. The van der Waals surface area contributed by atoms with Gasteiger partial charge in [0, 0.05) is 47.2 Å². The lowest BCUT2D eigenvalue weighted by molar-refractivity contribution is -0.128. The van der Waals surface area contributed by atoms with E-state index in [-0.39, 0.29) is 24.2 Å². The maximum absolute atomic E-state index is 13.7. The van der Waals surface area contributed by atoms with Crippen molar-refractivity contribution in [2.75, 3.05) is 6.61 Å². The van der Waals surface area contributed by atoms with Gasteiger partial charge in [-0.25, -0.2) is 9.97 Å². The summed E-state index contributed by atoms with van der Waals surface area (Å²) in [7, 11) is 0. The Morgan fingerprint density at radius 3 is 2.11 bits per heavy atom. The molecule has 4 N–H and O–H groups in total. The number of aliphatic hydroxyl groups excluding tert-OH is 1. The maximum Gasteiger partial charge on any atom is 0.262 e. The predicted octanol–water partition coefficient (Wildman–Crippen LogP) is 7.29. The van der Waals surface area contributed by atoms with Gasteiger partial charge < -0.3 is 25.6 Å². The molecule has 0 saturated carbocycles. The number of ether oxygens (including phenoxy) is 1. The number of aromatic nitrogens is 3. The van der Waals surface area contributed by atoms with E-state index in [2.05, 4.69) is 53.3 Å². The van der Waals surface area contributed by atoms with E-state index in [0.717, 1.165) is 51.5 Å². The van der Waals surface area contributed by atoms with Gasteiger partial charge in [-0.3, -0.25) is 14.6 Å². The number of benzene rings is 2. The molecule has 0 aliphatic heterocycles. The number of nitrogens with zero attached hydrogens (tertiary/aromatic N) is 3. The van der Waals surface area contributed by atoms with Gasteiger partial charge in [0.05, 0.1) is 17.5 Å². The summed E-state index contributed by atoms with van der Waals surface area (Å²) in [5.41, 5.74) is 4.06. The van der Waals surface area contributed by atoms with E-state index in [4.69, 9.17) is 4.74 Å². The number of carbonyl (C=O) groups is 2. The summed E-state index contributed by atoms with van der Waals surface area (Å²) in [4.78, 5) is 42.0. The Kier molecular flexibility index (Phi) is 14.4. The fourth-order valence-electron chi connectivity index (χ4n) is 5.88. The molecule has 2 amide bonds. The summed E-state index contributed by atoms with van der Waals surface area (Å²) in [6.45, 7) is 9.17. The molecule has 0 spiro atoms. The van der Waals surface area contributed by atoms with E-state index in [1.54, 1.807) is 43.0 Å². The smallest absolute Gasteiger partial charge is 0.262 e. The molecule has 0 aliphatic rings. The lowest BCUT2D eigenvalue weighted by Crippen LogP contribution is -2.54. The van der Waals surface area contributed by atoms with Crippen LogP contribution in [-0.4, -0.2) is 62.0 Å². The first-order chi connectivity index (χ1) is 26.0. The second-order valence-corrected chi connectivity index (χ2v) is 15.6. The van der Waals surface area contributed by atoms with Crippen LogP contribution in [0.4, 0.5) is 0 Å². The first-order valence-electron chi connectivity index (χ1n) is 18.6. The lowest BCUT2D eigenvalue weighted by Gasteiger charge is -2.25. The monoisotopic (exact) mass is 749 g/mol. The summed E-state index contributed by atoms with van der Waals surface area (Å²) in [6.07, 6.45) is 11.3. The van der Waals surface area contributed by atoms with Crippen LogP contribution < -0.4 is 15.4 Å². The van der Waals surface area contributed by atoms with Crippen molar-refractivity contribution < 1.29 is 24.5 Å². The van der Waals surface area contributed by atoms with Crippen LogP contribution in [0.5, 0.6) is 5.75 Å². The van der Waals surface area contributed by atoms with Crippen LogP contribution >= 0.6 is 11.3 Å². The van der Waals surface area contributed by atoms with Crippen molar-refractivity contribution in [3.05, 3.63) is 118 Å². The number of rotatable bonds is 18. The maximum atomic E-state index is 13.7. The summed E-state index contributed by atoms with van der Waals surface area (Å²) >= 11 is 1.38. The fraction of sp³-hybridized carbons (Fsp3) is 0.372. The number of amides is 2. The minimum Gasteiger partial charge on any atom is -0.494 e. The lowest BCUT2D eigenvalue weighted by atomic mass is 9.95. The molecular weight excluding hydrogens is 699 g/mol. The molecule has 2 atom stereocenters. The van der Waals surface area contributed by atoms with Gasteiger partial charge in [-0.15, -0.1) is 11.3 Å². The fourth-order valence-corrected chi connectivity index (χ4v) is 6.85. The Labute approximate surface area is 322 Å². The highest BCUT2D eigenvalue weighted by atomic mass is 32.1. The zero-order chi connectivity index (χ0) is 38.5. The molecular formula is C43H51N5O5S. The summed E-state index contributed by atoms with van der Waals surface area (Å²) in [5.74, 6) is 0.485. The van der Waals surface area contributed by atoms with Crippen LogP contribution in [0.15, 0.2) is 97.6 Å². The molecule has 0 saturated heterocycles. The van der Waals surface area contributed by atoms with Crippen LogP contribution in [0.2, 0.25) is 0 Å². The highest BCUT2D eigenvalue weighted by molar-refractivity contribution is 7.14. The van der Waals surface area contributed by atoms with Crippen LogP contribution in [-0.2, 0) is 23.1 Å². The van der Waals surface area contributed by atoms with Gasteiger partial charge in [0.2, 0.25) is 5.91 Å². The van der Waals surface area contributed by atoms with E-state index < -0.39 is 24.3 Å². The highest BCUT2D eigenvalue weighted by Crippen LogP contribution is 2.30. The zero-order valence-corrected chi connectivity index (χ0v) is 32.3. The van der Waals surface area contributed by atoms with E-state index >= 15 is 0 Å². The molecule has 54 heavy (non-hydrogen) atoms. The first-order valence-corrected chi connectivity index (χ1v) is 19.4. The van der Waals surface area contributed by atoms with Crippen molar-refractivity contribution in [3.8, 4) is 28.3 Å². The van der Waals surface area contributed by atoms with Gasteiger partial charge in [-0.2, -0.15) is 0 Å². The number of hydrogen-bond donors (Lipinski definition) is 4. The van der Waals surface area contributed by atoms with Crippen LogP contribution in [0.3, 0.4) is 0 Å². The van der Waals surface area contributed by atoms with Crippen molar-refractivity contribution in [1.82, 2.24) is 25.6 Å². The predicted molar refractivity (Wildman–Crippen MR) is 213 cm³/mol. The molecule has 0 fully saturated rings. The third-order valence-corrected chi connectivity index (χ3v) is 10.6. The largest absolute Gasteiger partial charge is 0.494 e. The Morgan fingerprint density at radius 1 is 0.778 bits per heavy atom. The summed E-state index contributed by atoms with van der Waals surface area (Å²) in [5, 5.41) is 25.9. The number of unbranched alkanes of at least 4 members (excludes halogenated alkanes) is 4. The number of pyridine rings is 1. The van der Waals surface area contributed by atoms with Gasteiger partial charge in [0.25, 0.3) is 5.91 Å². The molecule has 5 rings (SSSR count). The normalized spacial score (nSPS) is 12.6. The molecule has 3 aromatic heterocycles. The number of carbonyl (C=O) groups excluding carboxylic acids is 2. The third kappa shape index (κ3) is 11.8. The number of nitrogens with one attached hydrogen (secondary N) is 2. The van der Waals surface area contributed by atoms with Crippen molar-refractivity contribution in [1.29, 1.82) is 0 Å². The SMILES string of the molecule is CCCCCCCOc1ccc(-c2cnc(-c3ccc(C[C@H](NC(=O)c4ccc(C(C)(C)C)s4)C(=O)N[C@@H](Cc4cccnc4)C(O)O)cc3)nc2)cc1. The minimum absolute atomic E-state index is 0.129. The van der Waals surface area contributed by atoms with Crippen molar-refractivity contribution in [3.63, 3.8) is 0 Å². The zero-order valence-electron chi connectivity index (χ0n) is 31.5. The van der Waals surface area contributed by atoms with Crippen LogP contribution in [0.25, 0.3) is 22.5 Å². The summed E-state index contributed by atoms with van der Waals surface area (Å²) < 4.78 is 5.90. The standard InChI is InChI=1S/C43H51N5O5S/c1-5-6-7-8-9-23-53-34-18-16-31(17-19-34)33-27-45-39(46-28-33)32-14-12-29(13-15-32)24-35(47-41(50)37-20-21-38(54-37)43(2,3)4)40(49)48-36(42(51)52)25-30-11-10-22-44-26-30/h10-22,26-28,35-36,42,51-52H,5-9,23-25H2,1-4H3,(H,47,50)(H,48,49)/t35-,36-/m0/s1. The van der Waals surface area contributed by atoms with Gasteiger partial charge >= 0.3 is 0 Å². The topological polar surface area (TPSA) is 147 Å². The van der Waals surface area contributed by atoms with Crippen molar-refractivity contribution in [2.45, 2.75) is 96.4 Å². The average Bonchev–Trinajstić information content (AvgIpc) is 3.69. The molecule has 0 unspecified atom stereocenters. The van der Waals surface area contributed by atoms with Gasteiger partial charge in [-0.05, 0) is 65.3 Å². The second kappa shape index (κ2) is 19.4. The Morgan fingerprint density at radius 2 is 1.48 bits per heavy atom. The molecule has 284 valence electrons. The quantitative estimate of drug-likeness (QED) is 0.0540. The summed E-state index contributed by atoms with van der Waals surface area (Å²) in [6, 6.07) is 20.7. The molecule has 2 aromatic carbocycles. The van der Waals surface area contributed by atoms with E-state index in [9.17, 15) is 19.8 Å². The molecule has 10 nitrogen and oxygen atoms in total. The van der Waals surface area contributed by atoms with E-state index in [1.165, 1.54) is 37.0 Å². The van der Waals surface area contributed by atoms with Crippen LogP contribution in [0, 0.1) is 0 Å². The number of hydrogen-bond acceptors (Lipinski definition) is 9.